The van der Waals surface area contributed by atoms with Crippen molar-refractivity contribution in [3.05, 3.63) is 84.8 Å². The topological polar surface area (TPSA) is 139 Å². The van der Waals surface area contributed by atoms with Crippen LogP contribution < -0.4 is 15.4 Å². The number of furan rings is 1. The van der Waals surface area contributed by atoms with Crippen LogP contribution in [-0.2, 0) is 15.1 Å². The second-order valence-electron chi connectivity index (χ2n) is 11.7. The molecule has 0 spiro atoms. The van der Waals surface area contributed by atoms with E-state index in [1.165, 1.54) is 4.52 Å². The Balaban J connectivity index is 1.14. The minimum absolute atomic E-state index is 0.0673. The molecule has 12 nitrogen and oxygen atoms in total. The molecule has 46 heavy (non-hydrogen) atoms. The van der Waals surface area contributed by atoms with Crippen molar-refractivity contribution < 1.29 is 18.7 Å². The number of hydrogen-bond donors (Lipinski definition) is 1. The van der Waals surface area contributed by atoms with Gasteiger partial charge in [-0.3, -0.25) is 4.79 Å². The van der Waals surface area contributed by atoms with E-state index in [4.69, 9.17) is 24.7 Å². The van der Waals surface area contributed by atoms with Gasteiger partial charge in [0.25, 0.3) is 0 Å². The van der Waals surface area contributed by atoms with Gasteiger partial charge in [0.1, 0.15) is 17.9 Å². The highest BCUT2D eigenvalue weighted by Gasteiger charge is 2.41. The average molecular weight is 621 g/mol. The first kappa shape index (κ1) is 29.5. The van der Waals surface area contributed by atoms with Gasteiger partial charge in [-0.2, -0.15) is 14.6 Å². The van der Waals surface area contributed by atoms with Crippen molar-refractivity contribution in [3.8, 4) is 17.3 Å². The number of carbonyl (C=O) groups is 1. The normalized spacial score (nSPS) is 15.4. The smallest absolute Gasteiger partial charge is 0.225 e. The molecule has 1 aliphatic heterocycles. The van der Waals surface area contributed by atoms with Gasteiger partial charge in [0.15, 0.2) is 22.8 Å². The number of fused-ring (bicyclic) bond motifs is 3. The number of carbonyl (C=O) groups excluding carboxylic acids is 1. The molecule has 7 rings (SSSR count). The zero-order valence-electron chi connectivity index (χ0n) is 25.9. The molecular weight excluding hydrogens is 584 g/mol. The van der Waals surface area contributed by atoms with Crippen LogP contribution in [0.4, 0.5) is 11.6 Å². The maximum Gasteiger partial charge on any atom is 0.225 e. The molecule has 1 atom stereocenters. The number of nitrogen functional groups attached to an aromatic ring is 1. The van der Waals surface area contributed by atoms with Crippen LogP contribution in [0.5, 0.6) is 5.75 Å². The standard InChI is InChI=1S/C34H36N8O4/c1-34(24-7-4-3-5-8-24,29(43)21-23-14-16-40(17-15-23)25-10-12-26(13-11-25)45-20-19-44-2)42-32-27(22-36-42)31-37-30(28-9-6-18-46-28)39-41(31)33(35)38-32/h3-13,18,22-23H,14-17,19-21H2,1-2H3,(H2,35,38). The van der Waals surface area contributed by atoms with Gasteiger partial charge in [0.2, 0.25) is 11.8 Å². The molecule has 0 radical (unpaired) electrons. The SMILES string of the molecule is COCCOc1ccc(N2CCC(CC(=O)C(C)(c3ccccc3)n3ncc4c3nc(N)n3nc(-c5ccco5)nc43)CC2)cc1. The number of ketones is 1. The molecule has 1 fully saturated rings. The summed E-state index contributed by atoms with van der Waals surface area (Å²) in [5.74, 6) is 2.17. The van der Waals surface area contributed by atoms with Crippen molar-refractivity contribution in [1.82, 2.24) is 29.4 Å². The Labute approximate surface area is 265 Å². The first-order chi connectivity index (χ1) is 22.5. The molecule has 2 N–H and O–H groups in total. The summed E-state index contributed by atoms with van der Waals surface area (Å²) in [6.45, 7) is 4.73. The number of methoxy groups -OCH3 is 1. The molecular formula is C34H36N8O4. The fourth-order valence-electron chi connectivity index (χ4n) is 6.26. The molecule has 1 unspecified atom stereocenters. The fraction of sp³-hybridized carbons (Fsp3) is 0.324. The first-order valence-corrected chi connectivity index (χ1v) is 15.5. The van der Waals surface area contributed by atoms with Crippen LogP contribution in [-0.4, -0.2) is 68.6 Å². The van der Waals surface area contributed by atoms with Crippen LogP contribution >= 0.6 is 0 Å². The van der Waals surface area contributed by atoms with Gasteiger partial charge >= 0.3 is 0 Å². The first-order valence-electron chi connectivity index (χ1n) is 15.5. The van der Waals surface area contributed by atoms with Gasteiger partial charge in [0, 0.05) is 32.3 Å². The summed E-state index contributed by atoms with van der Waals surface area (Å²) in [6, 6.07) is 21.5. The number of nitrogens with zero attached hydrogens (tertiary/aromatic N) is 7. The highest BCUT2D eigenvalue weighted by molar-refractivity contribution is 5.95. The van der Waals surface area contributed by atoms with Crippen molar-refractivity contribution in [2.45, 2.75) is 31.7 Å². The summed E-state index contributed by atoms with van der Waals surface area (Å²) in [4.78, 5) is 26.2. The van der Waals surface area contributed by atoms with E-state index in [-0.39, 0.29) is 17.6 Å². The second kappa shape index (κ2) is 12.3. The second-order valence-corrected chi connectivity index (χ2v) is 11.7. The van der Waals surface area contributed by atoms with E-state index in [1.54, 1.807) is 36.4 Å². The number of ether oxygens (including phenoxy) is 2. The summed E-state index contributed by atoms with van der Waals surface area (Å²) >= 11 is 0. The van der Waals surface area contributed by atoms with Gasteiger partial charge in [-0.05, 0) is 67.6 Å². The third-order valence-corrected chi connectivity index (χ3v) is 8.92. The number of piperidine rings is 1. The highest BCUT2D eigenvalue weighted by atomic mass is 16.5. The maximum absolute atomic E-state index is 14.5. The molecule has 0 bridgehead atoms. The van der Waals surface area contributed by atoms with Crippen LogP contribution in [0.3, 0.4) is 0 Å². The van der Waals surface area contributed by atoms with Crippen molar-refractivity contribution in [2.75, 3.05) is 44.0 Å². The van der Waals surface area contributed by atoms with E-state index >= 15 is 0 Å². The third kappa shape index (κ3) is 5.34. The van der Waals surface area contributed by atoms with Crippen molar-refractivity contribution in [1.29, 1.82) is 0 Å². The van der Waals surface area contributed by atoms with E-state index < -0.39 is 5.54 Å². The molecule has 0 saturated carbocycles. The van der Waals surface area contributed by atoms with E-state index in [0.717, 1.165) is 42.9 Å². The number of Topliss-reactive ketones (excluding diaryl/α,β-unsaturated/α-hetero) is 1. The van der Waals surface area contributed by atoms with Crippen molar-refractivity contribution >= 4 is 34.1 Å². The van der Waals surface area contributed by atoms with Gasteiger partial charge in [-0.1, -0.05) is 30.3 Å². The molecule has 2 aromatic carbocycles. The van der Waals surface area contributed by atoms with Crippen molar-refractivity contribution in [2.24, 2.45) is 5.92 Å². The Hall–Kier alpha value is -5.23. The molecule has 12 heteroatoms. The number of aromatic nitrogens is 6. The van der Waals surface area contributed by atoms with Gasteiger partial charge in [-0.25, -0.2) is 9.67 Å². The van der Waals surface area contributed by atoms with Gasteiger partial charge in [0.05, 0.1) is 24.5 Å². The van der Waals surface area contributed by atoms with Crippen LogP contribution in [0.15, 0.2) is 83.6 Å². The van der Waals surface area contributed by atoms with E-state index in [0.29, 0.717) is 47.9 Å². The van der Waals surface area contributed by atoms with Crippen LogP contribution in [0.2, 0.25) is 0 Å². The predicted octanol–water partition coefficient (Wildman–Crippen LogP) is 4.98. The maximum atomic E-state index is 14.5. The summed E-state index contributed by atoms with van der Waals surface area (Å²) < 4.78 is 19.4. The molecule has 236 valence electrons. The molecule has 6 aromatic rings. The fourth-order valence-corrected chi connectivity index (χ4v) is 6.26. The lowest BCUT2D eigenvalue weighted by molar-refractivity contribution is -0.126. The van der Waals surface area contributed by atoms with Crippen molar-refractivity contribution in [3.63, 3.8) is 0 Å². The van der Waals surface area contributed by atoms with Gasteiger partial charge in [-0.15, -0.1) is 5.10 Å². The number of nitrogens with two attached hydrogens (primary N) is 1. The van der Waals surface area contributed by atoms with E-state index in [2.05, 4.69) is 32.1 Å². The lowest BCUT2D eigenvalue weighted by Gasteiger charge is -2.36. The molecule has 5 heterocycles. The van der Waals surface area contributed by atoms with E-state index in [9.17, 15) is 4.79 Å². The molecule has 1 saturated heterocycles. The Bertz CT molecular complexity index is 1940. The minimum atomic E-state index is -1.12. The molecule has 4 aromatic heterocycles. The third-order valence-electron chi connectivity index (χ3n) is 8.92. The largest absolute Gasteiger partial charge is 0.491 e. The van der Waals surface area contributed by atoms with Gasteiger partial charge < -0.3 is 24.5 Å². The highest BCUT2D eigenvalue weighted by Crippen LogP contribution is 2.35. The zero-order valence-corrected chi connectivity index (χ0v) is 25.9. The number of hydrogen-bond acceptors (Lipinski definition) is 10. The number of benzene rings is 2. The molecule has 0 amide bonds. The number of rotatable bonds is 11. The Morgan fingerprint density at radius 2 is 1.78 bits per heavy atom. The van der Waals surface area contributed by atoms with Crippen LogP contribution in [0, 0.1) is 5.92 Å². The summed E-state index contributed by atoms with van der Waals surface area (Å²) in [5, 5.41) is 9.89. The summed E-state index contributed by atoms with van der Waals surface area (Å²) in [6.07, 6.45) is 5.47. The minimum Gasteiger partial charge on any atom is -0.491 e. The Kier molecular flexibility index (Phi) is 7.87. The lowest BCUT2D eigenvalue weighted by Crippen LogP contribution is -2.43. The Morgan fingerprint density at radius 1 is 1.00 bits per heavy atom. The quantitative estimate of drug-likeness (QED) is 0.197. The predicted molar refractivity (Wildman–Crippen MR) is 174 cm³/mol. The monoisotopic (exact) mass is 620 g/mol. The Morgan fingerprint density at radius 3 is 2.50 bits per heavy atom. The molecule has 1 aliphatic rings. The molecule has 0 aliphatic carbocycles. The number of anilines is 2. The van der Waals surface area contributed by atoms with E-state index in [1.807, 2.05) is 49.4 Å². The summed E-state index contributed by atoms with van der Waals surface area (Å²) in [5.41, 5.74) is 8.21. The van der Waals surface area contributed by atoms with Crippen LogP contribution in [0.25, 0.3) is 28.3 Å². The van der Waals surface area contributed by atoms with Crippen LogP contribution in [0.1, 0.15) is 31.7 Å². The zero-order chi connectivity index (χ0) is 31.7. The lowest BCUT2D eigenvalue weighted by atomic mass is 9.81. The average Bonchev–Trinajstić information content (AvgIpc) is 3.86. The summed E-state index contributed by atoms with van der Waals surface area (Å²) in [7, 11) is 1.66.